The molecule has 0 saturated carbocycles. The molecule has 3 rings (SSSR count). The number of esters is 1. The van der Waals surface area contributed by atoms with Crippen molar-refractivity contribution in [2.75, 3.05) is 5.32 Å². The van der Waals surface area contributed by atoms with Crippen molar-refractivity contribution < 1.29 is 14.3 Å². The number of primary amides is 1. The van der Waals surface area contributed by atoms with Crippen molar-refractivity contribution in [2.24, 2.45) is 5.73 Å². The molecule has 0 radical (unpaired) electrons. The number of fused-ring (bicyclic) bond motifs is 1. The number of cyclic esters (lactones) is 1. The Morgan fingerprint density at radius 2 is 2.05 bits per heavy atom. The summed E-state index contributed by atoms with van der Waals surface area (Å²) in [6.07, 6.45) is 2.69. The number of benzene rings is 1. The Labute approximate surface area is 113 Å². The van der Waals surface area contributed by atoms with Crippen LogP contribution in [0.3, 0.4) is 0 Å². The van der Waals surface area contributed by atoms with E-state index in [-0.39, 0.29) is 18.1 Å². The highest BCUT2D eigenvalue weighted by molar-refractivity contribution is 5.94. The zero-order valence-corrected chi connectivity index (χ0v) is 10.3. The fourth-order valence-corrected chi connectivity index (χ4v) is 1.86. The van der Waals surface area contributed by atoms with Gasteiger partial charge in [-0.05, 0) is 18.2 Å². The molecule has 7 nitrogen and oxygen atoms in total. The zero-order chi connectivity index (χ0) is 14.1. The highest BCUT2D eigenvalue weighted by atomic mass is 16.5. The summed E-state index contributed by atoms with van der Waals surface area (Å²) < 4.78 is 4.92. The average Bonchev–Trinajstić information content (AvgIpc) is 2.81. The largest absolute Gasteiger partial charge is 0.457 e. The lowest BCUT2D eigenvalue weighted by atomic mass is 10.1. The van der Waals surface area contributed by atoms with Crippen molar-refractivity contribution in [3.63, 3.8) is 0 Å². The molecule has 0 unspecified atom stereocenters. The zero-order valence-electron chi connectivity index (χ0n) is 10.3. The maximum atomic E-state index is 11.3. The van der Waals surface area contributed by atoms with E-state index in [1.165, 1.54) is 12.4 Å². The standard InChI is InChI=1S/C13H10N4O3/c14-11(18)8-4-15-13(16-5-8)17-9-1-2-10-7(3-9)6-20-12(10)19/h1-5H,6H2,(H2,14,18)(H,15,16,17). The van der Waals surface area contributed by atoms with Crippen LogP contribution in [-0.4, -0.2) is 21.8 Å². The van der Waals surface area contributed by atoms with Crippen LogP contribution in [0.2, 0.25) is 0 Å². The molecule has 1 aromatic heterocycles. The fraction of sp³-hybridized carbons (Fsp3) is 0.0769. The maximum Gasteiger partial charge on any atom is 0.338 e. The van der Waals surface area contributed by atoms with Gasteiger partial charge >= 0.3 is 5.97 Å². The van der Waals surface area contributed by atoms with Gasteiger partial charge in [-0.25, -0.2) is 14.8 Å². The van der Waals surface area contributed by atoms with Crippen LogP contribution >= 0.6 is 0 Å². The van der Waals surface area contributed by atoms with E-state index in [2.05, 4.69) is 15.3 Å². The molecule has 2 aromatic rings. The van der Waals surface area contributed by atoms with Crippen LogP contribution < -0.4 is 11.1 Å². The molecule has 0 bridgehead atoms. The quantitative estimate of drug-likeness (QED) is 0.805. The summed E-state index contributed by atoms with van der Waals surface area (Å²) in [5, 5.41) is 2.97. The molecule has 0 saturated heterocycles. The van der Waals surface area contributed by atoms with Gasteiger partial charge in [-0.2, -0.15) is 0 Å². The molecule has 0 spiro atoms. The van der Waals surface area contributed by atoms with Gasteiger partial charge in [0.25, 0.3) is 5.91 Å². The molecule has 0 atom stereocenters. The number of amides is 1. The number of carbonyl (C=O) groups excluding carboxylic acids is 2. The van der Waals surface area contributed by atoms with Gasteiger partial charge in [0.2, 0.25) is 5.95 Å². The maximum absolute atomic E-state index is 11.3. The SMILES string of the molecule is NC(=O)c1cnc(Nc2ccc3c(c2)COC3=O)nc1. The molecule has 100 valence electrons. The Hall–Kier alpha value is -2.96. The summed E-state index contributed by atoms with van der Waals surface area (Å²) in [5.74, 6) is -0.557. The van der Waals surface area contributed by atoms with E-state index in [1.54, 1.807) is 18.2 Å². The second-order valence-corrected chi connectivity index (χ2v) is 4.23. The minimum absolute atomic E-state index is 0.239. The Kier molecular flexibility index (Phi) is 2.79. The fourth-order valence-electron chi connectivity index (χ4n) is 1.86. The summed E-state index contributed by atoms with van der Waals surface area (Å²) in [7, 11) is 0. The Morgan fingerprint density at radius 1 is 1.30 bits per heavy atom. The van der Waals surface area contributed by atoms with Crippen LogP contribution in [0.25, 0.3) is 0 Å². The summed E-state index contributed by atoms with van der Waals surface area (Å²) >= 11 is 0. The third-order valence-electron chi connectivity index (χ3n) is 2.88. The normalized spacial score (nSPS) is 12.7. The average molecular weight is 270 g/mol. The van der Waals surface area contributed by atoms with Gasteiger partial charge in [-0.1, -0.05) is 0 Å². The summed E-state index contributed by atoms with van der Waals surface area (Å²) in [4.78, 5) is 30.2. The number of hydrogen-bond donors (Lipinski definition) is 2. The monoisotopic (exact) mass is 270 g/mol. The second-order valence-electron chi connectivity index (χ2n) is 4.23. The highest BCUT2D eigenvalue weighted by Crippen LogP contribution is 2.24. The molecule has 1 aliphatic heterocycles. The third kappa shape index (κ3) is 2.16. The molecule has 1 amide bonds. The van der Waals surface area contributed by atoms with Crippen molar-refractivity contribution in [2.45, 2.75) is 6.61 Å². The van der Waals surface area contributed by atoms with E-state index >= 15 is 0 Å². The van der Waals surface area contributed by atoms with Crippen LogP contribution in [0.15, 0.2) is 30.6 Å². The first-order valence-corrected chi connectivity index (χ1v) is 5.82. The number of anilines is 2. The first kappa shape index (κ1) is 12.1. The molecule has 7 heteroatoms. The second kappa shape index (κ2) is 4.61. The Bertz CT molecular complexity index is 697. The van der Waals surface area contributed by atoms with Crippen LogP contribution in [0.1, 0.15) is 26.3 Å². The lowest BCUT2D eigenvalue weighted by molar-refractivity contribution is 0.0535. The molecule has 0 aliphatic carbocycles. The van der Waals surface area contributed by atoms with E-state index in [1.807, 2.05) is 0 Å². The number of aromatic nitrogens is 2. The van der Waals surface area contributed by atoms with Gasteiger partial charge < -0.3 is 15.8 Å². The molecule has 1 aromatic carbocycles. The van der Waals surface area contributed by atoms with Gasteiger partial charge in [-0.15, -0.1) is 0 Å². The number of nitrogens with zero attached hydrogens (tertiary/aromatic N) is 2. The first-order valence-electron chi connectivity index (χ1n) is 5.82. The van der Waals surface area contributed by atoms with Crippen LogP contribution in [-0.2, 0) is 11.3 Å². The number of nitrogens with one attached hydrogen (secondary N) is 1. The van der Waals surface area contributed by atoms with E-state index in [9.17, 15) is 9.59 Å². The van der Waals surface area contributed by atoms with Gasteiger partial charge in [-0.3, -0.25) is 4.79 Å². The number of rotatable bonds is 3. The van der Waals surface area contributed by atoms with Gasteiger partial charge in [0.05, 0.1) is 11.1 Å². The lowest BCUT2D eigenvalue weighted by Crippen LogP contribution is -2.12. The number of hydrogen-bond acceptors (Lipinski definition) is 6. The Balaban J connectivity index is 1.81. The van der Waals surface area contributed by atoms with Crippen LogP contribution in [0, 0.1) is 0 Å². The lowest BCUT2D eigenvalue weighted by Gasteiger charge is -2.05. The Morgan fingerprint density at radius 3 is 2.75 bits per heavy atom. The molecule has 0 fully saturated rings. The smallest absolute Gasteiger partial charge is 0.338 e. The van der Waals surface area contributed by atoms with Crippen LogP contribution in [0.4, 0.5) is 11.6 Å². The van der Waals surface area contributed by atoms with Crippen molar-refractivity contribution in [1.82, 2.24) is 9.97 Å². The first-order chi connectivity index (χ1) is 9.63. The molecular weight excluding hydrogens is 260 g/mol. The predicted molar refractivity (Wildman–Crippen MR) is 69.4 cm³/mol. The molecule has 20 heavy (non-hydrogen) atoms. The topological polar surface area (TPSA) is 107 Å². The minimum Gasteiger partial charge on any atom is -0.457 e. The van der Waals surface area contributed by atoms with E-state index in [0.717, 1.165) is 11.3 Å². The predicted octanol–water partition coefficient (Wildman–Crippen LogP) is 0.989. The van der Waals surface area contributed by atoms with E-state index < -0.39 is 5.91 Å². The number of carbonyl (C=O) groups is 2. The summed E-state index contributed by atoms with van der Waals surface area (Å²) in [5.41, 5.74) is 7.46. The van der Waals surface area contributed by atoms with Gasteiger partial charge in [0.1, 0.15) is 6.61 Å². The molecule has 2 heterocycles. The van der Waals surface area contributed by atoms with E-state index in [0.29, 0.717) is 11.5 Å². The molecule has 3 N–H and O–H groups in total. The van der Waals surface area contributed by atoms with Crippen molar-refractivity contribution in [3.8, 4) is 0 Å². The van der Waals surface area contributed by atoms with Crippen molar-refractivity contribution in [3.05, 3.63) is 47.3 Å². The molecule has 1 aliphatic rings. The number of ether oxygens (including phenoxy) is 1. The minimum atomic E-state index is -0.579. The van der Waals surface area contributed by atoms with Gasteiger partial charge in [0.15, 0.2) is 0 Å². The molecular formula is C13H10N4O3. The summed E-state index contributed by atoms with van der Waals surface area (Å²) in [6, 6.07) is 5.22. The van der Waals surface area contributed by atoms with Gasteiger partial charge in [0, 0.05) is 23.6 Å². The van der Waals surface area contributed by atoms with Crippen LogP contribution in [0.5, 0.6) is 0 Å². The van der Waals surface area contributed by atoms with E-state index in [4.69, 9.17) is 10.5 Å². The summed E-state index contributed by atoms with van der Waals surface area (Å²) in [6.45, 7) is 0.269. The highest BCUT2D eigenvalue weighted by Gasteiger charge is 2.20. The van der Waals surface area contributed by atoms with Crippen molar-refractivity contribution in [1.29, 1.82) is 0 Å². The van der Waals surface area contributed by atoms with Crippen molar-refractivity contribution >= 4 is 23.5 Å². The third-order valence-corrected chi connectivity index (χ3v) is 2.88. The number of nitrogens with two attached hydrogens (primary N) is 1.